The van der Waals surface area contributed by atoms with Crippen molar-refractivity contribution >= 4 is 34.7 Å². The van der Waals surface area contributed by atoms with E-state index in [2.05, 4.69) is 25.7 Å². The number of amides is 2. The monoisotopic (exact) mass is 632 g/mol. The van der Waals surface area contributed by atoms with Crippen LogP contribution in [0.2, 0.25) is 0 Å². The number of anilines is 3. The maximum absolute atomic E-state index is 13.6. The molecule has 5 heterocycles. The number of nitriles is 1. The summed E-state index contributed by atoms with van der Waals surface area (Å²) in [5, 5.41) is 19.7. The van der Waals surface area contributed by atoms with Crippen molar-refractivity contribution in [2.24, 2.45) is 0 Å². The number of fused-ring (bicyclic) bond motifs is 1. The number of rotatable bonds is 10. The molecule has 0 bridgehead atoms. The standard InChI is InChI=1S/C33H32N10O4/c1-40(21-22-10-12-23(47-2)13-11-22)26-19-28(37-25-8-6-17-42(33(25)46)29-9-3-4-15-35-29)39-43-27(20-36-30(26)43)31(44)38-24-7-5-16-41(18-14-34)32(24)45/h3-4,6,8-13,15,17,19-20,24H,5,7,16,18,21H2,1-2H3,(H,37,39)(H,38,44)/t24-/m1/s1. The van der Waals surface area contributed by atoms with E-state index in [-0.39, 0.29) is 35.2 Å². The predicted octanol–water partition coefficient (Wildman–Crippen LogP) is 2.91. The van der Waals surface area contributed by atoms with Crippen LogP contribution in [0.15, 0.2) is 84.0 Å². The van der Waals surface area contributed by atoms with Gasteiger partial charge in [0.25, 0.3) is 11.5 Å². The molecule has 47 heavy (non-hydrogen) atoms. The zero-order chi connectivity index (χ0) is 32.9. The first-order valence-corrected chi connectivity index (χ1v) is 15.0. The lowest BCUT2D eigenvalue weighted by atomic mass is 10.0. The number of piperidine rings is 1. The predicted molar refractivity (Wildman–Crippen MR) is 174 cm³/mol. The van der Waals surface area contributed by atoms with Crippen molar-refractivity contribution in [2.75, 3.05) is 37.5 Å². The highest BCUT2D eigenvalue weighted by Gasteiger charge is 2.31. The van der Waals surface area contributed by atoms with Crippen LogP contribution in [0.1, 0.15) is 28.9 Å². The molecule has 1 saturated heterocycles. The summed E-state index contributed by atoms with van der Waals surface area (Å²) in [6, 6.07) is 19.3. The van der Waals surface area contributed by atoms with E-state index >= 15 is 0 Å². The summed E-state index contributed by atoms with van der Waals surface area (Å²) in [5.41, 5.74) is 2.03. The molecule has 1 aliphatic heterocycles. The van der Waals surface area contributed by atoms with Crippen LogP contribution in [0.3, 0.4) is 0 Å². The summed E-state index contributed by atoms with van der Waals surface area (Å²) in [7, 11) is 3.50. The van der Waals surface area contributed by atoms with E-state index in [0.717, 1.165) is 11.3 Å². The summed E-state index contributed by atoms with van der Waals surface area (Å²) in [5.74, 6) is 0.642. The van der Waals surface area contributed by atoms with E-state index in [1.54, 1.807) is 55.9 Å². The van der Waals surface area contributed by atoms with Crippen LogP contribution in [-0.2, 0) is 11.3 Å². The van der Waals surface area contributed by atoms with Crippen molar-refractivity contribution in [3.05, 3.63) is 101 Å². The SMILES string of the molecule is COc1ccc(CN(C)c2cc(Nc3cccn(-c4ccccn4)c3=O)nn3c(C(=O)N[C@@H]4CCCN(CC#N)C4=O)cnc23)cc1. The van der Waals surface area contributed by atoms with E-state index in [9.17, 15) is 14.4 Å². The van der Waals surface area contributed by atoms with Gasteiger partial charge in [0.05, 0.1) is 25.1 Å². The highest BCUT2D eigenvalue weighted by Crippen LogP contribution is 2.27. The van der Waals surface area contributed by atoms with Gasteiger partial charge in [-0.1, -0.05) is 18.2 Å². The summed E-state index contributed by atoms with van der Waals surface area (Å²) >= 11 is 0. The maximum atomic E-state index is 13.6. The smallest absolute Gasteiger partial charge is 0.279 e. The third kappa shape index (κ3) is 6.45. The lowest BCUT2D eigenvalue weighted by Crippen LogP contribution is -2.52. The molecule has 1 aliphatic rings. The van der Waals surface area contributed by atoms with Gasteiger partial charge in [-0.05, 0) is 54.8 Å². The molecule has 1 atom stereocenters. The quantitative estimate of drug-likeness (QED) is 0.219. The van der Waals surface area contributed by atoms with Crippen molar-refractivity contribution in [3.63, 3.8) is 0 Å². The Labute approximate surface area is 269 Å². The van der Waals surface area contributed by atoms with Gasteiger partial charge in [0.15, 0.2) is 17.2 Å². The highest BCUT2D eigenvalue weighted by molar-refractivity contribution is 5.97. The lowest BCUT2D eigenvalue weighted by Gasteiger charge is -2.30. The van der Waals surface area contributed by atoms with Gasteiger partial charge in [0.2, 0.25) is 5.91 Å². The Morgan fingerprint density at radius 2 is 1.96 bits per heavy atom. The molecule has 4 aromatic heterocycles. The van der Waals surface area contributed by atoms with Crippen molar-refractivity contribution in [2.45, 2.75) is 25.4 Å². The minimum absolute atomic E-state index is 0.0389. The molecule has 14 heteroatoms. The number of imidazole rings is 1. The molecule has 238 valence electrons. The molecule has 14 nitrogen and oxygen atoms in total. The summed E-state index contributed by atoms with van der Waals surface area (Å²) in [4.78, 5) is 52.2. The first kappa shape index (κ1) is 30.8. The molecule has 2 amide bonds. The van der Waals surface area contributed by atoms with Crippen LogP contribution in [0.25, 0.3) is 11.5 Å². The minimum atomic E-state index is -0.775. The van der Waals surface area contributed by atoms with Crippen molar-refractivity contribution in [1.29, 1.82) is 5.26 Å². The van der Waals surface area contributed by atoms with Gasteiger partial charge in [-0.25, -0.2) is 14.5 Å². The largest absolute Gasteiger partial charge is 0.497 e. The number of benzene rings is 1. The maximum Gasteiger partial charge on any atom is 0.279 e. The Kier molecular flexibility index (Phi) is 8.78. The number of carbonyl (C=O) groups is 2. The van der Waals surface area contributed by atoms with Gasteiger partial charge in [-0.2, -0.15) is 5.26 Å². The van der Waals surface area contributed by atoms with Crippen LogP contribution >= 0.6 is 0 Å². The van der Waals surface area contributed by atoms with E-state index in [1.165, 1.54) is 20.2 Å². The number of hydrogen-bond acceptors (Lipinski definition) is 10. The minimum Gasteiger partial charge on any atom is -0.497 e. The zero-order valence-electron chi connectivity index (χ0n) is 25.8. The third-order valence-electron chi connectivity index (χ3n) is 7.87. The lowest BCUT2D eigenvalue weighted by molar-refractivity contribution is -0.135. The number of hydrogen-bond donors (Lipinski definition) is 2. The summed E-state index contributed by atoms with van der Waals surface area (Å²) in [6.45, 7) is 0.916. The molecule has 0 radical (unpaired) electrons. The normalized spacial score (nSPS) is 14.4. The number of aromatic nitrogens is 5. The van der Waals surface area contributed by atoms with Gasteiger partial charge >= 0.3 is 0 Å². The molecular formula is C33H32N10O4. The Bertz CT molecular complexity index is 2020. The third-order valence-corrected chi connectivity index (χ3v) is 7.87. The van der Waals surface area contributed by atoms with E-state index < -0.39 is 11.9 Å². The topological polar surface area (TPSA) is 163 Å². The number of nitrogens with one attached hydrogen (secondary N) is 2. The molecule has 0 saturated carbocycles. The molecule has 0 unspecified atom stereocenters. The van der Waals surface area contributed by atoms with E-state index in [0.29, 0.717) is 43.1 Å². The molecular weight excluding hydrogens is 600 g/mol. The van der Waals surface area contributed by atoms with Crippen molar-refractivity contribution in [3.8, 4) is 17.6 Å². The van der Waals surface area contributed by atoms with E-state index in [4.69, 9.17) is 10.00 Å². The molecule has 0 spiro atoms. The molecule has 5 aromatic rings. The van der Waals surface area contributed by atoms with Gasteiger partial charge in [-0.15, -0.1) is 5.10 Å². The van der Waals surface area contributed by atoms with Crippen LogP contribution < -0.4 is 25.8 Å². The fourth-order valence-corrected chi connectivity index (χ4v) is 5.49. The number of ether oxygens (including phenoxy) is 1. The van der Waals surface area contributed by atoms with Crippen LogP contribution in [0.5, 0.6) is 5.75 Å². The fraction of sp³-hybridized carbons (Fsp3) is 0.242. The van der Waals surface area contributed by atoms with Crippen molar-refractivity contribution < 1.29 is 14.3 Å². The van der Waals surface area contributed by atoms with Gasteiger partial charge in [-0.3, -0.25) is 19.0 Å². The first-order valence-electron chi connectivity index (χ1n) is 15.0. The van der Waals surface area contributed by atoms with Crippen LogP contribution in [-0.4, -0.2) is 74.2 Å². The first-order chi connectivity index (χ1) is 22.9. The summed E-state index contributed by atoms with van der Waals surface area (Å²) in [6.07, 6.45) is 5.75. The Balaban J connectivity index is 1.37. The second-order valence-corrected chi connectivity index (χ2v) is 11.0. The number of pyridine rings is 2. The van der Waals surface area contributed by atoms with Crippen molar-refractivity contribution in [1.82, 2.24) is 34.4 Å². The van der Waals surface area contributed by atoms with Crippen LogP contribution in [0, 0.1) is 11.3 Å². The number of nitrogens with zero attached hydrogens (tertiary/aromatic N) is 8. The average Bonchev–Trinajstić information content (AvgIpc) is 3.52. The Morgan fingerprint density at radius 1 is 1.13 bits per heavy atom. The molecule has 1 fully saturated rings. The zero-order valence-corrected chi connectivity index (χ0v) is 25.8. The van der Waals surface area contributed by atoms with Gasteiger partial charge < -0.3 is 25.2 Å². The number of methoxy groups -OCH3 is 1. The van der Waals surface area contributed by atoms with Crippen LogP contribution in [0.4, 0.5) is 17.2 Å². The number of likely N-dealkylation sites (tertiary alicyclic amines) is 1. The van der Waals surface area contributed by atoms with Gasteiger partial charge in [0, 0.05) is 38.6 Å². The highest BCUT2D eigenvalue weighted by atomic mass is 16.5. The summed E-state index contributed by atoms with van der Waals surface area (Å²) < 4.78 is 8.11. The fourth-order valence-electron chi connectivity index (χ4n) is 5.49. The molecule has 2 N–H and O–H groups in total. The number of carbonyl (C=O) groups excluding carboxylic acids is 2. The Hall–Kier alpha value is -6.23. The average molecular weight is 633 g/mol. The molecule has 0 aliphatic carbocycles. The van der Waals surface area contributed by atoms with Gasteiger partial charge in [0.1, 0.15) is 29.8 Å². The second-order valence-electron chi connectivity index (χ2n) is 11.0. The second kappa shape index (κ2) is 13.4. The molecule has 1 aromatic carbocycles. The van der Waals surface area contributed by atoms with E-state index in [1.807, 2.05) is 42.3 Å². The molecule has 6 rings (SSSR count). The Morgan fingerprint density at radius 3 is 2.70 bits per heavy atom.